The van der Waals surface area contributed by atoms with Gasteiger partial charge in [-0.25, -0.2) is 23.3 Å². The summed E-state index contributed by atoms with van der Waals surface area (Å²) in [4.78, 5) is 16.7. The topological polar surface area (TPSA) is 99.3 Å². The molecule has 2 rings (SSSR count). The lowest BCUT2D eigenvalue weighted by Crippen LogP contribution is -2.12. The molecule has 102 valence electrons. The van der Waals surface area contributed by atoms with Gasteiger partial charge in [0.05, 0.1) is 6.61 Å². The van der Waals surface area contributed by atoms with E-state index < -0.39 is 16.0 Å². The van der Waals surface area contributed by atoms with Gasteiger partial charge >= 0.3 is 5.97 Å². The number of sulfonamides is 1. The van der Waals surface area contributed by atoms with Crippen molar-refractivity contribution in [2.45, 2.75) is 18.7 Å². The van der Waals surface area contributed by atoms with Gasteiger partial charge in [0.25, 0.3) is 0 Å². The number of nitrogens with zero attached hydrogens (tertiary/aromatic N) is 1. The molecule has 0 saturated heterocycles. The molecular formula is C11H12N2O4S2. The van der Waals surface area contributed by atoms with Crippen molar-refractivity contribution in [2.75, 3.05) is 6.61 Å². The summed E-state index contributed by atoms with van der Waals surface area (Å²) < 4.78 is 27.5. The summed E-state index contributed by atoms with van der Waals surface area (Å²) in [7, 11) is -3.81. The molecule has 0 aromatic carbocycles. The fraction of sp³-hybridized carbons (Fsp3) is 0.273. The first-order valence-corrected chi connectivity index (χ1v) is 7.80. The quantitative estimate of drug-likeness (QED) is 0.864. The van der Waals surface area contributed by atoms with E-state index in [4.69, 9.17) is 9.88 Å². The van der Waals surface area contributed by atoms with Crippen LogP contribution >= 0.6 is 11.3 Å². The van der Waals surface area contributed by atoms with Gasteiger partial charge in [0, 0.05) is 11.6 Å². The number of carbonyl (C=O) groups excluding carboxylic acids is 1. The minimum Gasteiger partial charge on any atom is -0.462 e. The number of aromatic nitrogens is 1. The highest BCUT2D eigenvalue weighted by atomic mass is 32.2. The first kappa shape index (κ1) is 13.9. The molecule has 0 bridgehead atoms. The maximum absolute atomic E-state index is 11.7. The van der Waals surface area contributed by atoms with E-state index >= 15 is 0 Å². The van der Waals surface area contributed by atoms with Gasteiger partial charge in [-0.3, -0.25) is 0 Å². The Bertz CT molecular complexity index is 749. The van der Waals surface area contributed by atoms with Crippen LogP contribution in [0.4, 0.5) is 0 Å². The molecule has 0 fully saturated rings. The summed E-state index contributed by atoms with van der Waals surface area (Å²) in [6.07, 6.45) is 1.18. The lowest BCUT2D eigenvalue weighted by Gasteiger charge is -1.99. The second-order valence-corrected chi connectivity index (χ2v) is 6.41. The fourth-order valence-electron chi connectivity index (χ4n) is 1.63. The predicted octanol–water partition coefficient (Wildman–Crippen LogP) is 1.43. The van der Waals surface area contributed by atoms with Gasteiger partial charge in [0.1, 0.15) is 14.6 Å². The van der Waals surface area contributed by atoms with Gasteiger partial charge in [0.15, 0.2) is 0 Å². The van der Waals surface area contributed by atoms with Crippen molar-refractivity contribution in [1.29, 1.82) is 0 Å². The van der Waals surface area contributed by atoms with E-state index in [2.05, 4.69) is 4.98 Å². The Balaban J connectivity index is 2.62. The van der Waals surface area contributed by atoms with Crippen molar-refractivity contribution < 1.29 is 17.9 Å². The highest BCUT2D eigenvalue weighted by Gasteiger charge is 2.19. The highest BCUT2D eigenvalue weighted by molar-refractivity contribution is 7.89. The first-order chi connectivity index (χ1) is 8.84. The lowest BCUT2D eigenvalue weighted by atomic mass is 10.2. The average Bonchev–Trinajstić information content (AvgIpc) is 2.66. The monoisotopic (exact) mass is 300 g/mol. The van der Waals surface area contributed by atoms with Crippen molar-refractivity contribution in [3.8, 4) is 0 Å². The third-order valence-electron chi connectivity index (χ3n) is 2.56. The van der Waals surface area contributed by atoms with Crippen LogP contribution in [0.25, 0.3) is 10.2 Å². The summed E-state index contributed by atoms with van der Waals surface area (Å²) in [6.45, 7) is 3.72. The summed E-state index contributed by atoms with van der Waals surface area (Å²) in [5, 5.41) is 5.65. The number of rotatable bonds is 3. The van der Waals surface area contributed by atoms with Crippen molar-refractivity contribution >= 4 is 37.5 Å². The summed E-state index contributed by atoms with van der Waals surface area (Å²) in [6, 6.07) is 1.42. The highest BCUT2D eigenvalue weighted by Crippen LogP contribution is 2.31. The normalized spacial score (nSPS) is 11.7. The van der Waals surface area contributed by atoms with Crippen LogP contribution < -0.4 is 5.14 Å². The molecule has 0 amide bonds. The Hall–Kier alpha value is -1.51. The van der Waals surface area contributed by atoms with E-state index in [9.17, 15) is 13.2 Å². The molecular weight excluding hydrogens is 288 g/mol. The van der Waals surface area contributed by atoms with E-state index in [0.29, 0.717) is 20.7 Å². The number of nitrogens with two attached hydrogens (primary N) is 1. The van der Waals surface area contributed by atoms with Gasteiger partial charge < -0.3 is 4.74 Å². The van der Waals surface area contributed by atoms with Crippen LogP contribution in [-0.2, 0) is 14.8 Å². The van der Waals surface area contributed by atoms with E-state index in [1.807, 2.05) is 0 Å². The molecule has 8 heteroatoms. The molecule has 2 N–H and O–H groups in total. The number of carbonyl (C=O) groups is 1. The number of primary sulfonamides is 1. The zero-order valence-corrected chi connectivity index (χ0v) is 12.0. The summed E-state index contributed by atoms with van der Waals surface area (Å²) in [5.41, 5.74) is 0.649. The third-order valence-corrected chi connectivity index (χ3v) is 4.63. The molecule has 0 saturated carbocycles. The molecule has 2 aromatic rings. The number of hydrogen-bond acceptors (Lipinski definition) is 6. The Labute approximate surface area is 114 Å². The predicted molar refractivity (Wildman–Crippen MR) is 71.7 cm³/mol. The van der Waals surface area contributed by atoms with Gasteiger partial charge in [0.2, 0.25) is 10.0 Å². The standard InChI is InChI=1S/C11H12N2O4S2/c1-3-17-11(14)9-6(2)8-4-7(19(12,15)16)5-13-10(8)18-9/h4-5H,3H2,1-2H3,(H2,12,15,16). The number of aryl methyl sites for hydroxylation is 1. The van der Waals surface area contributed by atoms with Crippen molar-refractivity contribution in [2.24, 2.45) is 5.14 Å². The molecule has 2 heterocycles. The largest absolute Gasteiger partial charge is 0.462 e. The summed E-state index contributed by atoms with van der Waals surface area (Å²) >= 11 is 1.17. The van der Waals surface area contributed by atoms with Crippen LogP contribution in [0, 0.1) is 6.92 Å². The van der Waals surface area contributed by atoms with Crippen molar-refractivity contribution in [3.05, 3.63) is 22.7 Å². The lowest BCUT2D eigenvalue weighted by molar-refractivity contribution is 0.0531. The minimum absolute atomic E-state index is 0.0729. The second-order valence-electron chi connectivity index (χ2n) is 3.85. The Morgan fingerprint density at radius 2 is 2.21 bits per heavy atom. The molecule has 0 atom stereocenters. The molecule has 0 aliphatic carbocycles. The first-order valence-electron chi connectivity index (χ1n) is 5.43. The Morgan fingerprint density at radius 1 is 1.53 bits per heavy atom. The van der Waals surface area contributed by atoms with E-state index in [1.54, 1.807) is 13.8 Å². The van der Waals surface area contributed by atoms with E-state index in [0.717, 1.165) is 0 Å². The molecule has 0 radical (unpaired) electrons. The van der Waals surface area contributed by atoms with Crippen LogP contribution in [0.5, 0.6) is 0 Å². The smallest absolute Gasteiger partial charge is 0.348 e. The van der Waals surface area contributed by atoms with Crippen LogP contribution in [-0.4, -0.2) is 26.0 Å². The molecule has 0 aliphatic heterocycles. The fourth-order valence-corrected chi connectivity index (χ4v) is 3.13. The van der Waals surface area contributed by atoms with Gasteiger partial charge in [-0.2, -0.15) is 0 Å². The van der Waals surface area contributed by atoms with E-state index in [1.165, 1.54) is 23.6 Å². The van der Waals surface area contributed by atoms with Crippen LogP contribution in [0.15, 0.2) is 17.2 Å². The molecule has 0 spiro atoms. The minimum atomic E-state index is -3.81. The summed E-state index contributed by atoms with van der Waals surface area (Å²) in [5.74, 6) is -0.430. The zero-order chi connectivity index (χ0) is 14.2. The van der Waals surface area contributed by atoms with Gasteiger partial charge in [-0.1, -0.05) is 0 Å². The van der Waals surface area contributed by atoms with Crippen LogP contribution in [0.3, 0.4) is 0 Å². The second kappa shape index (κ2) is 4.87. The number of ether oxygens (including phenoxy) is 1. The van der Waals surface area contributed by atoms with Crippen molar-refractivity contribution in [3.63, 3.8) is 0 Å². The Morgan fingerprint density at radius 3 is 2.79 bits per heavy atom. The van der Waals surface area contributed by atoms with Gasteiger partial charge in [-0.05, 0) is 25.5 Å². The maximum Gasteiger partial charge on any atom is 0.348 e. The number of hydrogen-bond donors (Lipinski definition) is 1. The third kappa shape index (κ3) is 2.60. The van der Waals surface area contributed by atoms with E-state index in [-0.39, 0.29) is 11.5 Å². The van der Waals surface area contributed by atoms with Gasteiger partial charge in [-0.15, -0.1) is 11.3 Å². The van der Waals surface area contributed by atoms with Crippen LogP contribution in [0.2, 0.25) is 0 Å². The molecule has 0 unspecified atom stereocenters. The molecule has 2 aromatic heterocycles. The van der Waals surface area contributed by atoms with Crippen LogP contribution in [0.1, 0.15) is 22.2 Å². The van der Waals surface area contributed by atoms with Crippen molar-refractivity contribution in [1.82, 2.24) is 4.98 Å². The maximum atomic E-state index is 11.7. The number of esters is 1. The zero-order valence-electron chi connectivity index (χ0n) is 10.3. The number of pyridine rings is 1. The Kier molecular flexibility index (Phi) is 3.57. The molecule has 19 heavy (non-hydrogen) atoms. The SMILES string of the molecule is CCOC(=O)c1sc2ncc(S(N)(=O)=O)cc2c1C. The molecule has 0 aliphatic rings. The number of thiophene rings is 1. The average molecular weight is 300 g/mol. The molecule has 6 nitrogen and oxygen atoms in total. The number of fused-ring (bicyclic) bond motifs is 1.